The minimum atomic E-state index is 0.759. The number of hydrogen-bond donors (Lipinski definition) is 1. The summed E-state index contributed by atoms with van der Waals surface area (Å²) < 4.78 is 0. The van der Waals surface area contributed by atoms with Crippen molar-refractivity contribution < 1.29 is 5.11 Å². The van der Waals surface area contributed by atoms with Crippen molar-refractivity contribution in [2.24, 2.45) is 0 Å². The molecule has 0 aromatic heterocycles. The van der Waals surface area contributed by atoms with Crippen LogP contribution in [0.25, 0.3) is 5.53 Å². The zero-order valence-corrected chi connectivity index (χ0v) is 6.48. The molecule has 0 aliphatic rings. The first-order valence-corrected chi connectivity index (χ1v) is 4.14. The van der Waals surface area contributed by atoms with Crippen molar-refractivity contribution in [1.29, 1.82) is 0 Å². The molecule has 0 atom stereocenters. The van der Waals surface area contributed by atoms with Gasteiger partial charge in [0.15, 0.2) is 0 Å². The Labute approximate surface area is 64.2 Å². The molecule has 0 saturated carbocycles. The molecule has 1 rings (SSSR count). The Morgan fingerprint density at radius 2 is 2.10 bits per heavy atom. The quantitative estimate of drug-likeness (QED) is 0.500. The van der Waals surface area contributed by atoms with Crippen LogP contribution in [0.4, 0.5) is 5.69 Å². The van der Waals surface area contributed by atoms with Crippen molar-refractivity contribution >= 4 is 17.4 Å². The van der Waals surface area contributed by atoms with E-state index in [1.165, 1.54) is 0 Å². The highest BCUT2D eigenvalue weighted by Crippen LogP contribution is 2.19. The summed E-state index contributed by atoms with van der Waals surface area (Å²) in [7, 11) is 0. The van der Waals surface area contributed by atoms with E-state index in [4.69, 9.17) is 5.53 Å². The summed E-state index contributed by atoms with van der Waals surface area (Å²) in [4.78, 5) is 1.05. The minimum absolute atomic E-state index is 0.759. The molecule has 0 saturated heterocycles. The molecule has 0 radical (unpaired) electrons. The van der Waals surface area contributed by atoms with Crippen LogP contribution in [0.2, 0.25) is 0 Å². The minimum Gasteiger partial charge on any atom is -0.502 e. The molecule has 3 heteroatoms. The van der Waals surface area contributed by atoms with Crippen LogP contribution in [0.5, 0.6) is 0 Å². The number of thioether (sulfide) groups is 1. The average molecular weight is 152 g/mol. The second-order valence-corrected chi connectivity index (χ2v) is 2.66. The molecule has 2 nitrogen and oxygen atoms in total. The maximum Gasteiger partial charge on any atom is 0.206 e. The summed E-state index contributed by atoms with van der Waals surface area (Å²) in [6.45, 7) is 0. The molecule has 0 unspecified atom stereocenters. The lowest BCUT2D eigenvalue weighted by Gasteiger charge is -1.95. The van der Waals surface area contributed by atoms with Crippen LogP contribution in [0, 0.1) is 0 Å². The second-order valence-electron chi connectivity index (χ2n) is 1.81. The fraction of sp³-hybridized carbons (Fsp3) is 0.143. The van der Waals surface area contributed by atoms with Crippen LogP contribution in [-0.2, 0) is 0 Å². The van der Waals surface area contributed by atoms with Crippen molar-refractivity contribution in [2.75, 3.05) is 6.26 Å². The zero-order chi connectivity index (χ0) is 7.40. The van der Waals surface area contributed by atoms with Gasteiger partial charge in [0.05, 0.1) is 4.90 Å². The Bertz CT molecular complexity index is 235. The van der Waals surface area contributed by atoms with Gasteiger partial charge >= 0.3 is 0 Å². The van der Waals surface area contributed by atoms with Crippen LogP contribution in [0.15, 0.2) is 29.2 Å². The van der Waals surface area contributed by atoms with Crippen molar-refractivity contribution in [1.82, 2.24) is 0 Å². The molecule has 1 aromatic carbocycles. The molecule has 0 bridgehead atoms. The van der Waals surface area contributed by atoms with Crippen LogP contribution < -0.4 is 5.11 Å². The van der Waals surface area contributed by atoms with Crippen molar-refractivity contribution in [2.45, 2.75) is 4.90 Å². The van der Waals surface area contributed by atoms with E-state index in [0.29, 0.717) is 0 Å². The number of nitrogens with zero attached hydrogens (tertiary/aromatic N) is 1. The predicted molar refractivity (Wildman–Crippen MR) is 42.2 cm³/mol. The predicted octanol–water partition coefficient (Wildman–Crippen LogP) is 1.14. The lowest BCUT2D eigenvalue weighted by atomic mass is 10.3. The van der Waals surface area contributed by atoms with Gasteiger partial charge < -0.3 is 5.53 Å². The molecule has 0 heterocycles. The number of nitrogens with one attached hydrogen (secondary N) is 1. The first kappa shape index (κ1) is 7.28. The maximum atomic E-state index is 8.59. The molecule has 0 fully saturated rings. The third kappa shape index (κ3) is 1.36. The van der Waals surface area contributed by atoms with Gasteiger partial charge in [-0.15, -0.1) is 11.8 Å². The van der Waals surface area contributed by atoms with E-state index in [-0.39, 0.29) is 0 Å². The van der Waals surface area contributed by atoms with Gasteiger partial charge in [-0.05, 0) is 12.3 Å². The summed E-state index contributed by atoms with van der Waals surface area (Å²) in [5.74, 6) is 0. The largest absolute Gasteiger partial charge is 0.502 e. The van der Waals surface area contributed by atoms with Crippen LogP contribution >= 0.6 is 11.8 Å². The molecule has 1 aromatic rings. The van der Waals surface area contributed by atoms with Gasteiger partial charge in [0.1, 0.15) is 0 Å². The number of rotatable bonds is 2. The fourth-order valence-corrected chi connectivity index (χ4v) is 1.29. The molecule has 1 N–H and O–H groups in total. The third-order valence-electron chi connectivity index (χ3n) is 1.23. The van der Waals surface area contributed by atoms with Crippen molar-refractivity contribution in [3.05, 3.63) is 29.8 Å². The van der Waals surface area contributed by atoms with Gasteiger partial charge in [-0.1, -0.05) is 12.1 Å². The Morgan fingerprint density at radius 1 is 1.40 bits per heavy atom. The first-order chi connectivity index (χ1) is 4.88. The first-order valence-electron chi connectivity index (χ1n) is 2.91. The zero-order valence-electron chi connectivity index (χ0n) is 5.66. The number of benzene rings is 1. The number of hydrogen-bond acceptors (Lipinski definition) is 1. The van der Waals surface area contributed by atoms with E-state index in [9.17, 15) is 0 Å². The van der Waals surface area contributed by atoms with E-state index in [1.807, 2.05) is 30.5 Å². The van der Waals surface area contributed by atoms with Gasteiger partial charge in [0.2, 0.25) is 5.69 Å². The monoisotopic (exact) mass is 152 g/mol. The lowest BCUT2D eigenvalue weighted by molar-refractivity contribution is -0.382. The molecular weight excluding hydrogens is 144 g/mol. The van der Waals surface area contributed by atoms with Gasteiger partial charge in [0, 0.05) is 6.07 Å². The standard InChI is InChI=1S/C7H8N2S/c1-10-7-5-3-2-4-6(7)9-8/h2-5,9H,1H3. The average Bonchev–Trinajstić information content (AvgIpc) is 2.04. The summed E-state index contributed by atoms with van der Waals surface area (Å²) >= 11 is 1.60. The molecule has 0 spiro atoms. The van der Waals surface area contributed by atoms with Gasteiger partial charge in [-0.3, -0.25) is 5.11 Å². The molecule has 10 heavy (non-hydrogen) atoms. The summed E-state index contributed by atoms with van der Waals surface area (Å²) in [6, 6.07) is 7.58. The molecule has 0 aliphatic heterocycles. The summed E-state index contributed by atoms with van der Waals surface area (Å²) in [6.07, 6.45) is 1.97. The smallest absolute Gasteiger partial charge is 0.206 e. The van der Waals surface area contributed by atoms with E-state index < -0.39 is 0 Å². The van der Waals surface area contributed by atoms with Crippen LogP contribution in [0.1, 0.15) is 0 Å². The topological polar surface area (TPSA) is 36.3 Å². The summed E-state index contributed by atoms with van der Waals surface area (Å²) in [5.41, 5.74) is 9.35. The maximum absolute atomic E-state index is 8.59. The van der Waals surface area contributed by atoms with E-state index in [2.05, 4.69) is 5.11 Å². The number of para-hydroxylation sites is 1. The SMILES string of the molecule is CSc1ccccc1[NH+]=[N-]. The van der Waals surface area contributed by atoms with E-state index in [0.717, 1.165) is 10.6 Å². The Kier molecular flexibility index (Phi) is 2.45. The molecule has 0 aliphatic carbocycles. The van der Waals surface area contributed by atoms with Crippen molar-refractivity contribution in [3.63, 3.8) is 0 Å². The molecule has 52 valence electrons. The third-order valence-corrected chi connectivity index (χ3v) is 2.02. The van der Waals surface area contributed by atoms with Gasteiger partial charge in [-0.2, -0.15) is 0 Å². The lowest BCUT2D eigenvalue weighted by Crippen LogP contribution is -2.54. The highest BCUT2D eigenvalue weighted by molar-refractivity contribution is 7.98. The highest BCUT2D eigenvalue weighted by atomic mass is 32.2. The fourth-order valence-electron chi connectivity index (χ4n) is 0.737. The van der Waals surface area contributed by atoms with Crippen molar-refractivity contribution in [3.8, 4) is 0 Å². The Morgan fingerprint density at radius 3 is 2.60 bits per heavy atom. The Hall–Kier alpha value is -0.830. The van der Waals surface area contributed by atoms with Gasteiger partial charge in [0.25, 0.3) is 0 Å². The highest BCUT2D eigenvalue weighted by Gasteiger charge is 1.98. The summed E-state index contributed by atoms with van der Waals surface area (Å²) in [5, 5.41) is 2.13. The Balaban J connectivity index is 3.08. The van der Waals surface area contributed by atoms with E-state index >= 15 is 0 Å². The molecular formula is C7H8N2S. The van der Waals surface area contributed by atoms with Gasteiger partial charge in [-0.25, -0.2) is 0 Å². The van der Waals surface area contributed by atoms with Crippen LogP contribution in [-0.4, -0.2) is 6.26 Å². The second kappa shape index (κ2) is 3.37. The van der Waals surface area contributed by atoms with Crippen LogP contribution in [0.3, 0.4) is 0 Å². The normalized spacial score (nSPS) is 9.30. The van der Waals surface area contributed by atoms with E-state index in [1.54, 1.807) is 11.8 Å². The molecule has 0 amide bonds.